The van der Waals surface area contributed by atoms with Crippen LogP contribution in [-0.4, -0.2) is 17.9 Å². The van der Waals surface area contributed by atoms with Gasteiger partial charge in [0.15, 0.2) is 5.78 Å². The van der Waals surface area contributed by atoms with Gasteiger partial charge in [0.2, 0.25) is 0 Å². The number of piperidine rings is 1. The van der Waals surface area contributed by atoms with Crippen molar-refractivity contribution in [1.82, 2.24) is 5.32 Å². The lowest BCUT2D eigenvalue weighted by atomic mass is 9.94. The average Bonchev–Trinajstić information content (AvgIpc) is 2.28. The zero-order valence-electron chi connectivity index (χ0n) is 10.4. The Bertz CT molecular complexity index is 449. The highest BCUT2D eigenvalue weighted by atomic mass is 79.9. The Morgan fingerprint density at radius 3 is 2.94 bits per heavy atom. The third-order valence-electron chi connectivity index (χ3n) is 3.37. The highest BCUT2D eigenvalue weighted by molar-refractivity contribution is 9.10. The van der Waals surface area contributed by atoms with E-state index in [1.807, 2.05) is 6.07 Å². The van der Waals surface area contributed by atoms with E-state index in [4.69, 9.17) is 11.6 Å². The summed E-state index contributed by atoms with van der Waals surface area (Å²) in [5.41, 5.74) is 0.625. The number of carbonyl (C=O) groups excluding carboxylic acids is 1. The summed E-state index contributed by atoms with van der Waals surface area (Å²) in [4.78, 5) is 12.2. The molecule has 1 heterocycles. The fourth-order valence-corrected chi connectivity index (χ4v) is 3.23. The number of benzene rings is 1. The molecular formula is C14H17BrClNO. The van der Waals surface area contributed by atoms with Gasteiger partial charge in [-0.1, -0.05) is 34.0 Å². The molecule has 4 heteroatoms. The third-order valence-corrected chi connectivity index (χ3v) is 4.18. The average molecular weight is 331 g/mol. The second kappa shape index (κ2) is 6.18. The van der Waals surface area contributed by atoms with Crippen LogP contribution in [0.3, 0.4) is 0 Å². The largest absolute Gasteiger partial charge is 0.311 e. The summed E-state index contributed by atoms with van der Waals surface area (Å²) in [5, 5.41) is 4.00. The maximum absolute atomic E-state index is 12.2. The summed E-state index contributed by atoms with van der Waals surface area (Å²) in [6.45, 7) is 2.17. The maximum atomic E-state index is 12.2. The van der Waals surface area contributed by atoms with Crippen molar-refractivity contribution < 1.29 is 4.79 Å². The van der Waals surface area contributed by atoms with Gasteiger partial charge < -0.3 is 5.32 Å². The summed E-state index contributed by atoms with van der Waals surface area (Å²) in [6, 6.07) is 6.22. The Morgan fingerprint density at radius 2 is 2.28 bits per heavy atom. The number of Topliss-reactive ketones (excluding diaryl/α,β-unsaturated/α-hetero) is 1. The van der Waals surface area contributed by atoms with E-state index in [1.54, 1.807) is 12.1 Å². The van der Waals surface area contributed by atoms with E-state index < -0.39 is 0 Å². The lowest BCUT2D eigenvalue weighted by molar-refractivity contribution is 0.0960. The molecule has 1 fully saturated rings. The number of hydrogen-bond donors (Lipinski definition) is 1. The summed E-state index contributed by atoms with van der Waals surface area (Å²) in [7, 11) is 0. The van der Waals surface area contributed by atoms with Gasteiger partial charge in [0.25, 0.3) is 0 Å². The Morgan fingerprint density at radius 1 is 1.50 bits per heavy atom. The van der Waals surface area contributed by atoms with E-state index in [0.29, 0.717) is 29.1 Å². The number of carbonyl (C=O) groups is 1. The molecule has 1 saturated heterocycles. The van der Waals surface area contributed by atoms with E-state index in [0.717, 1.165) is 10.9 Å². The normalized spacial score (nSPS) is 23.9. The van der Waals surface area contributed by atoms with Crippen LogP contribution in [0.25, 0.3) is 0 Å². The zero-order valence-corrected chi connectivity index (χ0v) is 12.7. The van der Waals surface area contributed by atoms with Crippen molar-refractivity contribution in [3.8, 4) is 0 Å². The molecule has 2 atom stereocenters. The molecule has 0 bridgehead atoms. The lowest BCUT2D eigenvalue weighted by Gasteiger charge is -2.28. The van der Waals surface area contributed by atoms with Crippen molar-refractivity contribution in [3.63, 3.8) is 0 Å². The minimum absolute atomic E-state index is 0.124. The molecule has 18 heavy (non-hydrogen) atoms. The van der Waals surface area contributed by atoms with Crippen LogP contribution in [0.15, 0.2) is 22.7 Å². The second-order valence-corrected chi connectivity index (χ2v) is 6.27. The predicted molar refractivity (Wildman–Crippen MR) is 78.3 cm³/mol. The zero-order chi connectivity index (χ0) is 13.1. The Balaban J connectivity index is 2.03. The standard InChI is InChI=1S/C14H17BrClNO/c1-9-3-2-4-11(17-9)8-14(18)12-6-5-10(15)7-13(12)16/h5-7,9,11,17H,2-4,8H2,1H3. The highest BCUT2D eigenvalue weighted by Gasteiger charge is 2.21. The summed E-state index contributed by atoms with van der Waals surface area (Å²) >= 11 is 9.44. The first-order valence-electron chi connectivity index (χ1n) is 6.30. The van der Waals surface area contributed by atoms with E-state index in [9.17, 15) is 4.79 Å². The summed E-state index contributed by atoms with van der Waals surface area (Å²) in [6.07, 6.45) is 4.00. The molecule has 1 aliphatic heterocycles. The SMILES string of the molecule is CC1CCCC(CC(=O)c2ccc(Br)cc2Cl)N1. The molecule has 0 radical (unpaired) electrons. The van der Waals surface area contributed by atoms with Crippen LogP contribution < -0.4 is 5.32 Å². The lowest BCUT2D eigenvalue weighted by Crippen LogP contribution is -2.41. The van der Waals surface area contributed by atoms with Gasteiger partial charge >= 0.3 is 0 Å². The van der Waals surface area contributed by atoms with Crippen molar-refractivity contribution in [2.75, 3.05) is 0 Å². The number of hydrogen-bond acceptors (Lipinski definition) is 2. The smallest absolute Gasteiger partial charge is 0.165 e. The van der Waals surface area contributed by atoms with Gasteiger partial charge in [-0.3, -0.25) is 4.79 Å². The molecule has 2 unspecified atom stereocenters. The molecule has 98 valence electrons. The summed E-state index contributed by atoms with van der Waals surface area (Å²) in [5.74, 6) is 0.124. The van der Waals surface area contributed by atoms with Crippen LogP contribution in [0, 0.1) is 0 Å². The van der Waals surface area contributed by atoms with Crippen LogP contribution in [0.1, 0.15) is 43.0 Å². The minimum Gasteiger partial charge on any atom is -0.311 e. The van der Waals surface area contributed by atoms with Crippen LogP contribution in [0.2, 0.25) is 5.02 Å². The molecule has 1 aliphatic rings. The first kappa shape index (κ1) is 14.0. The first-order chi connectivity index (χ1) is 8.56. The van der Waals surface area contributed by atoms with Crippen molar-refractivity contribution in [3.05, 3.63) is 33.3 Å². The molecule has 0 spiro atoms. The molecule has 0 aromatic heterocycles. The molecule has 1 aromatic carbocycles. The van der Waals surface area contributed by atoms with Crippen LogP contribution in [0.4, 0.5) is 0 Å². The molecule has 2 rings (SSSR count). The topological polar surface area (TPSA) is 29.1 Å². The van der Waals surface area contributed by atoms with Gasteiger partial charge in [0.1, 0.15) is 0 Å². The van der Waals surface area contributed by atoms with Crippen LogP contribution in [0.5, 0.6) is 0 Å². The van der Waals surface area contributed by atoms with Gasteiger partial charge in [-0.15, -0.1) is 0 Å². The Labute approximate surface area is 121 Å². The third kappa shape index (κ3) is 3.56. The van der Waals surface area contributed by atoms with Crippen molar-refractivity contribution >= 4 is 33.3 Å². The molecule has 0 amide bonds. The quantitative estimate of drug-likeness (QED) is 0.841. The monoisotopic (exact) mass is 329 g/mol. The van der Waals surface area contributed by atoms with E-state index >= 15 is 0 Å². The molecule has 2 nitrogen and oxygen atoms in total. The molecule has 0 saturated carbocycles. The number of ketones is 1. The number of halogens is 2. The van der Waals surface area contributed by atoms with Crippen LogP contribution in [-0.2, 0) is 0 Å². The maximum Gasteiger partial charge on any atom is 0.165 e. The van der Waals surface area contributed by atoms with Crippen LogP contribution >= 0.6 is 27.5 Å². The molecule has 1 N–H and O–H groups in total. The van der Waals surface area contributed by atoms with Gasteiger partial charge in [-0.2, -0.15) is 0 Å². The fourth-order valence-electron chi connectivity index (χ4n) is 2.45. The second-order valence-electron chi connectivity index (χ2n) is 4.95. The van der Waals surface area contributed by atoms with Crippen molar-refractivity contribution in [2.24, 2.45) is 0 Å². The van der Waals surface area contributed by atoms with Gasteiger partial charge in [0.05, 0.1) is 5.02 Å². The van der Waals surface area contributed by atoms with E-state index in [2.05, 4.69) is 28.2 Å². The predicted octanol–water partition coefficient (Wildman–Crippen LogP) is 4.21. The van der Waals surface area contributed by atoms with E-state index in [-0.39, 0.29) is 5.78 Å². The number of rotatable bonds is 3. The molecule has 0 aliphatic carbocycles. The Kier molecular flexibility index (Phi) is 4.82. The first-order valence-corrected chi connectivity index (χ1v) is 7.47. The Hall–Kier alpha value is -0.380. The highest BCUT2D eigenvalue weighted by Crippen LogP contribution is 2.24. The summed E-state index contributed by atoms with van der Waals surface area (Å²) < 4.78 is 0.897. The van der Waals surface area contributed by atoms with Gasteiger partial charge in [-0.05, 0) is 38.0 Å². The van der Waals surface area contributed by atoms with Crippen molar-refractivity contribution in [1.29, 1.82) is 0 Å². The molecule has 1 aromatic rings. The fraction of sp³-hybridized carbons (Fsp3) is 0.500. The minimum atomic E-state index is 0.124. The number of nitrogens with one attached hydrogen (secondary N) is 1. The van der Waals surface area contributed by atoms with E-state index in [1.165, 1.54) is 12.8 Å². The molecular weight excluding hydrogens is 314 g/mol. The van der Waals surface area contributed by atoms with Gasteiger partial charge in [0, 0.05) is 28.5 Å². The van der Waals surface area contributed by atoms with Crippen molar-refractivity contribution in [2.45, 2.75) is 44.7 Å². The van der Waals surface area contributed by atoms with Gasteiger partial charge in [-0.25, -0.2) is 0 Å².